The summed E-state index contributed by atoms with van der Waals surface area (Å²) in [7, 11) is 0. The van der Waals surface area contributed by atoms with Gasteiger partial charge >= 0.3 is 0 Å². The SMILES string of the molecule is O=C(CSc1ccccc1C(=O)N1CCCC1)NC12CC3CC(CC(C3)C1)C2. The Bertz CT molecular complexity index is 736. The molecule has 1 aromatic carbocycles. The number of nitrogens with zero attached hydrogens (tertiary/aromatic N) is 1. The number of rotatable bonds is 5. The second kappa shape index (κ2) is 7.40. The quantitative estimate of drug-likeness (QED) is 0.760. The van der Waals surface area contributed by atoms with Crippen molar-refractivity contribution < 1.29 is 9.59 Å². The van der Waals surface area contributed by atoms with Crippen LogP contribution in [0.3, 0.4) is 0 Å². The first-order chi connectivity index (χ1) is 13.6. The van der Waals surface area contributed by atoms with Crippen LogP contribution in [-0.4, -0.2) is 41.1 Å². The molecule has 0 spiro atoms. The summed E-state index contributed by atoms with van der Waals surface area (Å²) in [5.74, 6) is 3.14. The Kier molecular flexibility index (Phi) is 4.90. The average molecular weight is 399 g/mol. The number of hydrogen-bond acceptors (Lipinski definition) is 3. The van der Waals surface area contributed by atoms with Gasteiger partial charge in [0.25, 0.3) is 5.91 Å². The van der Waals surface area contributed by atoms with Gasteiger partial charge in [0.15, 0.2) is 0 Å². The summed E-state index contributed by atoms with van der Waals surface area (Å²) in [6.45, 7) is 1.70. The highest BCUT2D eigenvalue weighted by molar-refractivity contribution is 8.00. The maximum Gasteiger partial charge on any atom is 0.254 e. The molecule has 4 bridgehead atoms. The number of hydrogen-bond donors (Lipinski definition) is 1. The first-order valence-corrected chi connectivity index (χ1v) is 11.9. The standard InChI is InChI=1S/C23H30N2O2S/c26-21(24-23-12-16-9-17(13-23)11-18(10-16)14-23)15-28-20-6-2-1-5-19(20)22(27)25-7-3-4-8-25/h1-2,5-6,16-18H,3-4,7-15H2,(H,24,26). The molecule has 5 fully saturated rings. The Morgan fingerprint density at radius 2 is 1.61 bits per heavy atom. The minimum atomic E-state index is 0.0667. The zero-order valence-electron chi connectivity index (χ0n) is 16.5. The van der Waals surface area contributed by atoms with Crippen LogP contribution in [0.15, 0.2) is 29.2 Å². The summed E-state index contributed by atoms with van der Waals surface area (Å²) in [6.07, 6.45) is 9.88. The molecule has 4 saturated carbocycles. The molecule has 1 N–H and O–H groups in total. The summed E-state index contributed by atoms with van der Waals surface area (Å²) in [4.78, 5) is 28.5. The van der Waals surface area contributed by atoms with E-state index in [1.54, 1.807) is 0 Å². The lowest BCUT2D eigenvalue weighted by Gasteiger charge is -2.56. The van der Waals surface area contributed by atoms with E-state index in [4.69, 9.17) is 0 Å². The summed E-state index contributed by atoms with van der Waals surface area (Å²) >= 11 is 1.51. The van der Waals surface area contributed by atoms with Crippen LogP contribution < -0.4 is 5.32 Å². The Hall–Kier alpha value is -1.49. The number of likely N-dealkylation sites (tertiary alicyclic amines) is 1. The smallest absolute Gasteiger partial charge is 0.254 e. The summed E-state index contributed by atoms with van der Waals surface area (Å²) in [5, 5.41) is 3.44. The van der Waals surface area contributed by atoms with Gasteiger partial charge in [-0.05, 0) is 81.3 Å². The molecule has 0 unspecified atom stereocenters. The minimum Gasteiger partial charge on any atom is -0.350 e. The van der Waals surface area contributed by atoms with Crippen molar-refractivity contribution in [2.45, 2.75) is 61.8 Å². The van der Waals surface area contributed by atoms with Gasteiger partial charge in [0.2, 0.25) is 5.91 Å². The van der Waals surface area contributed by atoms with Crippen LogP contribution in [0, 0.1) is 17.8 Å². The molecule has 0 aromatic heterocycles. The van der Waals surface area contributed by atoms with Gasteiger partial charge in [-0.2, -0.15) is 0 Å². The summed E-state index contributed by atoms with van der Waals surface area (Å²) in [5.41, 5.74) is 0.814. The van der Waals surface area contributed by atoms with Gasteiger partial charge < -0.3 is 10.2 Å². The molecule has 1 heterocycles. The van der Waals surface area contributed by atoms with Crippen molar-refractivity contribution in [2.75, 3.05) is 18.8 Å². The molecular weight excluding hydrogens is 368 g/mol. The fourth-order valence-electron chi connectivity index (χ4n) is 6.60. The van der Waals surface area contributed by atoms with Crippen molar-refractivity contribution in [3.63, 3.8) is 0 Å². The lowest BCUT2D eigenvalue weighted by atomic mass is 9.53. The van der Waals surface area contributed by atoms with E-state index < -0.39 is 0 Å². The zero-order valence-corrected chi connectivity index (χ0v) is 17.3. The molecule has 5 heteroatoms. The molecule has 5 aliphatic rings. The van der Waals surface area contributed by atoms with Crippen molar-refractivity contribution in [1.82, 2.24) is 10.2 Å². The third-order valence-corrected chi connectivity index (χ3v) is 8.39. The Labute approximate surface area is 171 Å². The third kappa shape index (κ3) is 3.58. The first-order valence-electron chi connectivity index (χ1n) is 10.9. The number of carbonyl (C=O) groups is 2. The lowest BCUT2D eigenvalue weighted by Crippen LogP contribution is -2.60. The molecule has 4 aliphatic carbocycles. The highest BCUT2D eigenvalue weighted by Gasteiger charge is 2.51. The molecule has 1 aromatic rings. The van der Waals surface area contributed by atoms with E-state index in [1.807, 2.05) is 29.2 Å². The number of thioether (sulfide) groups is 1. The largest absolute Gasteiger partial charge is 0.350 e. The zero-order chi connectivity index (χ0) is 19.1. The van der Waals surface area contributed by atoms with Crippen molar-refractivity contribution >= 4 is 23.6 Å². The van der Waals surface area contributed by atoms with Gasteiger partial charge in [0.05, 0.1) is 11.3 Å². The summed E-state index contributed by atoms with van der Waals surface area (Å²) in [6, 6.07) is 7.76. The Morgan fingerprint density at radius 1 is 1.00 bits per heavy atom. The van der Waals surface area contributed by atoms with E-state index in [0.717, 1.165) is 54.1 Å². The molecule has 150 valence electrons. The molecule has 2 amide bonds. The highest BCUT2D eigenvalue weighted by Crippen LogP contribution is 2.55. The number of nitrogens with one attached hydrogen (secondary N) is 1. The predicted octanol–water partition coefficient (Wildman–Crippen LogP) is 4.10. The molecule has 6 rings (SSSR count). The average Bonchev–Trinajstić information content (AvgIpc) is 3.19. The van der Waals surface area contributed by atoms with Crippen LogP contribution in [0.5, 0.6) is 0 Å². The number of amides is 2. The molecule has 4 nitrogen and oxygen atoms in total. The van der Waals surface area contributed by atoms with E-state index in [0.29, 0.717) is 5.75 Å². The van der Waals surface area contributed by atoms with E-state index >= 15 is 0 Å². The second-order valence-corrected chi connectivity index (χ2v) is 10.5. The molecule has 28 heavy (non-hydrogen) atoms. The van der Waals surface area contributed by atoms with Gasteiger partial charge in [0.1, 0.15) is 0 Å². The van der Waals surface area contributed by atoms with E-state index in [2.05, 4.69) is 5.32 Å². The van der Waals surface area contributed by atoms with Gasteiger partial charge in [-0.25, -0.2) is 0 Å². The van der Waals surface area contributed by atoms with E-state index in [9.17, 15) is 9.59 Å². The monoisotopic (exact) mass is 398 g/mol. The van der Waals surface area contributed by atoms with Gasteiger partial charge in [-0.1, -0.05) is 12.1 Å². The maximum absolute atomic E-state index is 12.8. The van der Waals surface area contributed by atoms with Crippen molar-refractivity contribution in [2.24, 2.45) is 17.8 Å². The topological polar surface area (TPSA) is 49.4 Å². The van der Waals surface area contributed by atoms with E-state index in [-0.39, 0.29) is 17.4 Å². The molecule has 0 radical (unpaired) electrons. The lowest BCUT2D eigenvalue weighted by molar-refractivity contribution is -0.124. The molecular formula is C23H30N2O2S. The highest BCUT2D eigenvalue weighted by atomic mass is 32.2. The Balaban J connectivity index is 1.22. The van der Waals surface area contributed by atoms with E-state index in [1.165, 1.54) is 50.3 Å². The first kappa shape index (κ1) is 18.5. The van der Waals surface area contributed by atoms with Crippen molar-refractivity contribution in [3.8, 4) is 0 Å². The van der Waals surface area contributed by atoms with Crippen molar-refractivity contribution in [1.29, 1.82) is 0 Å². The third-order valence-electron chi connectivity index (χ3n) is 7.31. The maximum atomic E-state index is 12.8. The van der Waals surface area contributed by atoms with Crippen LogP contribution >= 0.6 is 11.8 Å². The summed E-state index contributed by atoms with van der Waals surface area (Å²) < 4.78 is 0. The van der Waals surface area contributed by atoms with Crippen LogP contribution in [-0.2, 0) is 4.79 Å². The van der Waals surface area contributed by atoms with Gasteiger partial charge in [-0.3, -0.25) is 9.59 Å². The second-order valence-electron chi connectivity index (χ2n) is 9.53. The normalized spacial score (nSPS) is 33.3. The molecule has 0 atom stereocenters. The molecule has 1 aliphatic heterocycles. The van der Waals surface area contributed by atoms with Crippen LogP contribution in [0.1, 0.15) is 61.7 Å². The minimum absolute atomic E-state index is 0.0667. The van der Waals surface area contributed by atoms with Crippen molar-refractivity contribution in [3.05, 3.63) is 29.8 Å². The number of benzene rings is 1. The van der Waals surface area contributed by atoms with Crippen LogP contribution in [0.4, 0.5) is 0 Å². The molecule has 1 saturated heterocycles. The number of carbonyl (C=O) groups excluding carboxylic acids is 2. The van der Waals surface area contributed by atoms with Gasteiger partial charge in [0, 0.05) is 23.5 Å². The van der Waals surface area contributed by atoms with Crippen LogP contribution in [0.25, 0.3) is 0 Å². The predicted molar refractivity (Wildman–Crippen MR) is 111 cm³/mol. The van der Waals surface area contributed by atoms with Gasteiger partial charge in [-0.15, -0.1) is 11.8 Å². The fraction of sp³-hybridized carbons (Fsp3) is 0.652. The Morgan fingerprint density at radius 3 is 2.25 bits per heavy atom. The fourth-order valence-corrected chi connectivity index (χ4v) is 7.44. The van der Waals surface area contributed by atoms with Crippen LogP contribution in [0.2, 0.25) is 0 Å².